The van der Waals surface area contributed by atoms with Crippen molar-refractivity contribution in [2.45, 2.75) is 19.9 Å². The summed E-state index contributed by atoms with van der Waals surface area (Å²) in [5.41, 5.74) is 6.66. The normalized spacial score (nSPS) is 10.5. The largest absolute Gasteiger partial charge is 0.397 e. The summed E-state index contributed by atoms with van der Waals surface area (Å²) < 4.78 is 6.55. The van der Waals surface area contributed by atoms with Crippen molar-refractivity contribution in [3.05, 3.63) is 26.6 Å². The first-order chi connectivity index (χ1) is 8.97. The van der Waals surface area contributed by atoms with Gasteiger partial charge in [0.15, 0.2) is 0 Å². The van der Waals surface area contributed by atoms with Gasteiger partial charge < -0.3 is 20.4 Å². The van der Waals surface area contributed by atoms with E-state index < -0.39 is 0 Å². The molecule has 7 heteroatoms. The van der Waals surface area contributed by atoms with Crippen LogP contribution in [0.25, 0.3) is 0 Å². The lowest BCUT2D eigenvalue weighted by atomic mass is 10.2. The number of carbonyl (C=O) groups is 1. The Morgan fingerprint density at radius 3 is 2.89 bits per heavy atom. The van der Waals surface area contributed by atoms with Crippen molar-refractivity contribution < 1.29 is 9.53 Å². The lowest BCUT2D eigenvalue weighted by Crippen LogP contribution is -2.33. The summed E-state index contributed by atoms with van der Waals surface area (Å²) in [4.78, 5) is 23.6. The van der Waals surface area contributed by atoms with E-state index in [-0.39, 0.29) is 18.0 Å². The Kier molecular flexibility index (Phi) is 6.04. The van der Waals surface area contributed by atoms with Crippen molar-refractivity contribution in [2.24, 2.45) is 0 Å². The smallest absolute Gasteiger partial charge is 0.265 e. The molecule has 19 heavy (non-hydrogen) atoms. The monoisotopic (exact) mass is 331 g/mol. The summed E-state index contributed by atoms with van der Waals surface area (Å²) in [5, 5.41) is 2.71. The second-order valence-corrected chi connectivity index (χ2v) is 4.95. The number of aromatic nitrogens is 1. The molecule has 0 unspecified atom stereocenters. The Balaban J connectivity index is 2.67. The number of hydrogen-bond acceptors (Lipinski definition) is 4. The van der Waals surface area contributed by atoms with Gasteiger partial charge in [0.2, 0.25) is 5.91 Å². The summed E-state index contributed by atoms with van der Waals surface area (Å²) in [6, 6.07) is 0. The highest BCUT2D eigenvalue weighted by Crippen LogP contribution is 2.16. The number of methoxy groups -OCH3 is 1. The molecule has 0 saturated carbocycles. The van der Waals surface area contributed by atoms with Gasteiger partial charge in [0.1, 0.15) is 6.54 Å². The molecule has 1 amide bonds. The van der Waals surface area contributed by atoms with Crippen LogP contribution in [0.1, 0.15) is 12.0 Å². The van der Waals surface area contributed by atoms with Crippen LogP contribution in [0.4, 0.5) is 5.69 Å². The molecule has 1 aromatic heterocycles. The lowest BCUT2D eigenvalue weighted by Gasteiger charge is -2.10. The molecule has 0 fully saturated rings. The van der Waals surface area contributed by atoms with Gasteiger partial charge in [-0.1, -0.05) is 0 Å². The molecule has 0 saturated heterocycles. The van der Waals surface area contributed by atoms with Crippen molar-refractivity contribution in [3.63, 3.8) is 0 Å². The van der Waals surface area contributed by atoms with Crippen molar-refractivity contribution in [2.75, 3.05) is 26.0 Å². The molecular formula is C12H18BrN3O3. The number of halogens is 1. The maximum absolute atomic E-state index is 11.9. The number of anilines is 1. The Labute approximate surface area is 120 Å². The average molecular weight is 332 g/mol. The van der Waals surface area contributed by atoms with Crippen LogP contribution < -0.4 is 16.6 Å². The summed E-state index contributed by atoms with van der Waals surface area (Å²) in [6.45, 7) is 2.80. The fourth-order valence-corrected chi connectivity index (χ4v) is 1.97. The van der Waals surface area contributed by atoms with Crippen LogP contribution in [0.2, 0.25) is 0 Å². The Hall–Kier alpha value is -1.34. The van der Waals surface area contributed by atoms with Crippen LogP contribution >= 0.6 is 15.9 Å². The van der Waals surface area contributed by atoms with Gasteiger partial charge in [0, 0.05) is 26.5 Å². The van der Waals surface area contributed by atoms with Crippen molar-refractivity contribution in [1.29, 1.82) is 0 Å². The minimum Gasteiger partial charge on any atom is -0.397 e. The number of nitrogens with two attached hydrogens (primary N) is 1. The summed E-state index contributed by atoms with van der Waals surface area (Å²) >= 11 is 3.18. The van der Waals surface area contributed by atoms with Crippen LogP contribution in [0.5, 0.6) is 0 Å². The van der Waals surface area contributed by atoms with Gasteiger partial charge in [-0.25, -0.2) is 0 Å². The van der Waals surface area contributed by atoms with E-state index in [9.17, 15) is 9.59 Å². The van der Waals surface area contributed by atoms with E-state index in [2.05, 4.69) is 21.2 Å². The maximum atomic E-state index is 11.9. The number of carbonyl (C=O) groups excluding carboxylic acids is 1. The fraction of sp³-hybridized carbons (Fsp3) is 0.500. The number of amides is 1. The molecule has 0 bridgehead atoms. The highest BCUT2D eigenvalue weighted by atomic mass is 79.9. The topological polar surface area (TPSA) is 86.3 Å². The molecule has 1 aromatic rings. The van der Waals surface area contributed by atoms with Gasteiger partial charge in [-0.2, -0.15) is 0 Å². The van der Waals surface area contributed by atoms with Gasteiger partial charge >= 0.3 is 0 Å². The maximum Gasteiger partial charge on any atom is 0.265 e. The van der Waals surface area contributed by atoms with Gasteiger partial charge in [-0.3, -0.25) is 9.59 Å². The first-order valence-corrected chi connectivity index (χ1v) is 6.67. The quantitative estimate of drug-likeness (QED) is 0.749. The summed E-state index contributed by atoms with van der Waals surface area (Å²) in [6.07, 6.45) is 2.22. The highest BCUT2D eigenvalue weighted by molar-refractivity contribution is 9.10. The molecule has 0 aromatic carbocycles. The molecule has 1 rings (SSSR count). The van der Waals surface area contributed by atoms with Gasteiger partial charge in [-0.05, 0) is 34.8 Å². The van der Waals surface area contributed by atoms with Gasteiger partial charge in [0.05, 0.1) is 10.2 Å². The Morgan fingerprint density at radius 1 is 1.58 bits per heavy atom. The number of nitrogens with zero attached hydrogens (tertiary/aromatic N) is 1. The van der Waals surface area contributed by atoms with E-state index >= 15 is 0 Å². The van der Waals surface area contributed by atoms with Crippen LogP contribution in [0.3, 0.4) is 0 Å². The highest BCUT2D eigenvalue weighted by Gasteiger charge is 2.10. The molecule has 0 aliphatic carbocycles. The number of nitrogen functional groups attached to an aromatic ring is 1. The first-order valence-electron chi connectivity index (χ1n) is 5.88. The molecule has 0 aliphatic rings. The molecule has 106 valence electrons. The summed E-state index contributed by atoms with van der Waals surface area (Å²) in [7, 11) is 1.61. The van der Waals surface area contributed by atoms with E-state index in [0.717, 1.165) is 6.42 Å². The molecule has 0 aliphatic heterocycles. The molecule has 0 atom stereocenters. The zero-order valence-corrected chi connectivity index (χ0v) is 12.6. The van der Waals surface area contributed by atoms with Crippen LogP contribution in [0, 0.1) is 6.92 Å². The van der Waals surface area contributed by atoms with Crippen LogP contribution in [0.15, 0.2) is 15.5 Å². The molecular weight excluding hydrogens is 314 g/mol. The first kappa shape index (κ1) is 15.7. The minimum absolute atomic E-state index is 0.0467. The van der Waals surface area contributed by atoms with E-state index in [1.165, 1.54) is 10.8 Å². The minimum atomic E-state index is -0.265. The summed E-state index contributed by atoms with van der Waals surface area (Å²) in [5.74, 6) is -0.228. The third-order valence-corrected chi connectivity index (χ3v) is 3.60. The molecule has 0 spiro atoms. The standard InChI is InChI=1S/C12H18BrN3O3/c1-8-9(14)6-16(12(18)11(8)13)7-10(17)15-4-3-5-19-2/h6H,3-5,7,14H2,1-2H3,(H,15,17). The predicted octanol–water partition coefficient (Wildman–Crippen LogP) is 0.654. The number of hydrogen-bond donors (Lipinski definition) is 2. The fourth-order valence-electron chi connectivity index (χ4n) is 1.51. The zero-order valence-electron chi connectivity index (χ0n) is 11.0. The van der Waals surface area contributed by atoms with E-state index in [1.54, 1.807) is 14.0 Å². The van der Waals surface area contributed by atoms with E-state index in [0.29, 0.717) is 28.9 Å². The van der Waals surface area contributed by atoms with Crippen molar-refractivity contribution in [1.82, 2.24) is 9.88 Å². The molecule has 3 N–H and O–H groups in total. The van der Waals surface area contributed by atoms with Gasteiger partial charge in [0.25, 0.3) is 5.56 Å². The Morgan fingerprint density at radius 2 is 2.26 bits per heavy atom. The van der Waals surface area contributed by atoms with Crippen molar-refractivity contribution in [3.8, 4) is 0 Å². The van der Waals surface area contributed by atoms with Crippen LogP contribution in [-0.4, -0.2) is 30.7 Å². The zero-order chi connectivity index (χ0) is 14.4. The lowest BCUT2D eigenvalue weighted by molar-refractivity contribution is -0.121. The van der Waals surface area contributed by atoms with Crippen molar-refractivity contribution >= 4 is 27.5 Å². The molecule has 1 heterocycles. The third-order valence-electron chi connectivity index (χ3n) is 2.67. The third kappa shape index (κ3) is 4.36. The number of ether oxygens (including phenoxy) is 1. The average Bonchev–Trinajstić information content (AvgIpc) is 2.38. The number of rotatable bonds is 6. The van der Waals surface area contributed by atoms with E-state index in [4.69, 9.17) is 10.5 Å². The molecule has 0 radical (unpaired) electrons. The predicted molar refractivity (Wildman–Crippen MR) is 77.1 cm³/mol. The van der Waals surface area contributed by atoms with Gasteiger partial charge in [-0.15, -0.1) is 0 Å². The number of nitrogens with one attached hydrogen (secondary N) is 1. The molecule has 6 nitrogen and oxygen atoms in total. The van der Waals surface area contributed by atoms with E-state index in [1.807, 2.05) is 0 Å². The number of pyridine rings is 1. The SMILES string of the molecule is COCCCNC(=O)Cn1cc(N)c(C)c(Br)c1=O. The Bertz CT molecular complexity index is 514. The second-order valence-electron chi connectivity index (χ2n) is 4.15. The van der Waals surface area contributed by atoms with Crippen LogP contribution in [-0.2, 0) is 16.1 Å². The second kappa shape index (κ2) is 7.30.